The van der Waals surface area contributed by atoms with Crippen molar-refractivity contribution in [1.82, 2.24) is 5.32 Å². The van der Waals surface area contributed by atoms with E-state index in [0.717, 1.165) is 24.2 Å². The first kappa shape index (κ1) is 29.3. The summed E-state index contributed by atoms with van der Waals surface area (Å²) in [5, 5.41) is 26.6. The molecule has 10 nitrogen and oxygen atoms in total. The number of carbonyl (C=O) groups is 3. The van der Waals surface area contributed by atoms with Crippen LogP contribution in [0, 0.1) is 22.5 Å². The van der Waals surface area contributed by atoms with Gasteiger partial charge < -0.3 is 20.5 Å². The van der Waals surface area contributed by atoms with Crippen molar-refractivity contribution in [1.29, 1.82) is 0 Å². The first-order chi connectivity index (χ1) is 19.6. The van der Waals surface area contributed by atoms with Crippen LogP contribution in [0.4, 0.5) is 11.4 Å². The Morgan fingerprint density at radius 2 is 1.63 bits per heavy atom. The van der Waals surface area contributed by atoms with E-state index in [1.165, 1.54) is 25.1 Å². The van der Waals surface area contributed by atoms with Crippen molar-refractivity contribution in [3.05, 3.63) is 99.1 Å². The van der Waals surface area contributed by atoms with Crippen LogP contribution >= 0.6 is 0 Å². The molecule has 3 aromatic rings. The second-order valence-electron chi connectivity index (χ2n) is 10.4. The monoisotopic (exact) mass is 559 g/mol. The fourth-order valence-corrected chi connectivity index (χ4v) is 5.41. The van der Waals surface area contributed by atoms with Crippen molar-refractivity contribution in [2.45, 2.75) is 51.5 Å². The van der Waals surface area contributed by atoms with Crippen LogP contribution < -0.4 is 15.4 Å². The Labute approximate surface area is 237 Å². The van der Waals surface area contributed by atoms with Gasteiger partial charge in [-0.15, -0.1) is 0 Å². The maximum atomic E-state index is 13.5. The van der Waals surface area contributed by atoms with Crippen LogP contribution in [0.25, 0.3) is 0 Å². The molecule has 1 saturated carbocycles. The number of carbonyl (C=O) groups excluding carboxylic acids is 2. The van der Waals surface area contributed by atoms with Crippen molar-refractivity contribution in [2.24, 2.45) is 5.41 Å². The number of nitrogens with zero attached hydrogens (tertiary/aromatic N) is 1. The molecule has 0 aliphatic heterocycles. The van der Waals surface area contributed by atoms with Crippen LogP contribution in [-0.2, 0) is 22.4 Å². The number of carboxylic acid groups (broad SMARTS) is 1. The highest BCUT2D eigenvalue weighted by molar-refractivity contribution is 6.05. The molecule has 4 rings (SSSR count). The highest BCUT2D eigenvalue weighted by atomic mass is 16.6. The number of nitro benzene ring substituents is 1. The molecule has 41 heavy (non-hydrogen) atoms. The van der Waals surface area contributed by atoms with Gasteiger partial charge in [0.15, 0.2) is 0 Å². The van der Waals surface area contributed by atoms with Crippen LogP contribution in [0.15, 0.2) is 66.7 Å². The molecule has 1 atom stereocenters. The number of nitrogens with one attached hydrogen (secondary N) is 2. The minimum absolute atomic E-state index is 0.0674. The number of ether oxygens (including phenoxy) is 1. The van der Waals surface area contributed by atoms with Gasteiger partial charge in [0, 0.05) is 29.3 Å². The van der Waals surface area contributed by atoms with E-state index >= 15 is 0 Å². The second-order valence-corrected chi connectivity index (χ2v) is 10.4. The first-order valence-corrected chi connectivity index (χ1v) is 13.4. The Morgan fingerprint density at radius 1 is 1.00 bits per heavy atom. The average molecular weight is 560 g/mol. The average Bonchev–Trinajstić information content (AvgIpc) is 3.43. The number of methoxy groups -OCH3 is 1. The number of rotatable bonds is 11. The van der Waals surface area contributed by atoms with Gasteiger partial charge in [0.1, 0.15) is 11.8 Å². The van der Waals surface area contributed by atoms with Gasteiger partial charge in [-0.05, 0) is 67.6 Å². The van der Waals surface area contributed by atoms with E-state index < -0.39 is 28.3 Å². The summed E-state index contributed by atoms with van der Waals surface area (Å²) in [7, 11) is 1.60. The maximum Gasteiger partial charge on any atom is 0.326 e. The largest absolute Gasteiger partial charge is 0.497 e. The third-order valence-electron chi connectivity index (χ3n) is 7.75. The number of nitro groups is 1. The van der Waals surface area contributed by atoms with Crippen LogP contribution in [0.5, 0.6) is 5.75 Å². The van der Waals surface area contributed by atoms with Crippen LogP contribution in [-0.4, -0.2) is 41.0 Å². The van der Waals surface area contributed by atoms with Crippen molar-refractivity contribution in [2.75, 3.05) is 12.4 Å². The van der Waals surface area contributed by atoms with Gasteiger partial charge in [0.2, 0.25) is 5.91 Å². The molecule has 0 spiro atoms. The van der Waals surface area contributed by atoms with Crippen LogP contribution in [0.2, 0.25) is 0 Å². The lowest BCUT2D eigenvalue weighted by atomic mass is 9.78. The minimum Gasteiger partial charge on any atom is -0.497 e. The van der Waals surface area contributed by atoms with E-state index in [2.05, 4.69) is 10.6 Å². The number of anilines is 1. The molecule has 1 aliphatic carbocycles. The van der Waals surface area contributed by atoms with Crippen molar-refractivity contribution in [3.8, 4) is 5.75 Å². The zero-order valence-corrected chi connectivity index (χ0v) is 23.0. The van der Waals surface area contributed by atoms with Crippen LogP contribution in [0.1, 0.15) is 52.7 Å². The zero-order chi connectivity index (χ0) is 29.6. The lowest BCUT2D eigenvalue weighted by Gasteiger charge is -2.29. The number of carboxylic acids is 1. The molecule has 0 heterocycles. The van der Waals surface area contributed by atoms with Gasteiger partial charge in [-0.3, -0.25) is 19.7 Å². The highest BCUT2D eigenvalue weighted by Crippen LogP contribution is 2.41. The Balaban J connectivity index is 1.42. The molecule has 0 saturated heterocycles. The molecule has 0 aromatic heterocycles. The van der Waals surface area contributed by atoms with Crippen molar-refractivity contribution in [3.63, 3.8) is 0 Å². The van der Waals surface area contributed by atoms with E-state index in [4.69, 9.17) is 4.74 Å². The molecule has 0 radical (unpaired) electrons. The molecule has 214 valence electrons. The molecule has 1 aliphatic rings. The zero-order valence-electron chi connectivity index (χ0n) is 23.0. The molecule has 3 aromatic carbocycles. The van der Waals surface area contributed by atoms with E-state index in [9.17, 15) is 29.6 Å². The predicted molar refractivity (Wildman–Crippen MR) is 153 cm³/mol. The SMILES string of the molecule is COc1ccc(CC2(C(=O)N[C@@H](Cc3ccc(NC(=O)c4cccc([N+](=O)[O-])c4C)cc3)C(=O)O)CCCC2)cc1. The van der Waals surface area contributed by atoms with Gasteiger partial charge in [-0.2, -0.15) is 0 Å². The van der Waals surface area contributed by atoms with Gasteiger partial charge in [-0.1, -0.05) is 43.2 Å². The molecule has 0 unspecified atom stereocenters. The summed E-state index contributed by atoms with van der Waals surface area (Å²) in [6.45, 7) is 1.52. The van der Waals surface area contributed by atoms with Gasteiger partial charge in [0.05, 0.1) is 17.4 Å². The molecule has 10 heteroatoms. The van der Waals surface area contributed by atoms with E-state index in [1.807, 2.05) is 24.3 Å². The van der Waals surface area contributed by atoms with Crippen LogP contribution in [0.3, 0.4) is 0 Å². The number of hydrogen-bond acceptors (Lipinski definition) is 6. The van der Waals surface area contributed by atoms with Gasteiger partial charge >= 0.3 is 5.97 Å². The lowest BCUT2D eigenvalue weighted by Crippen LogP contribution is -2.49. The molecule has 3 N–H and O–H groups in total. The molecule has 0 bridgehead atoms. The molecular weight excluding hydrogens is 526 g/mol. The summed E-state index contributed by atoms with van der Waals surface area (Å²) in [4.78, 5) is 49.0. The summed E-state index contributed by atoms with van der Waals surface area (Å²) in [6, 6.07) is 17.4. The predicted octanol–water partition coefficient (Wildman–Crippen LogP) is 5.08. The molecular formula is C31H33N3O7. The molecule has 1 fully saturated rings. The van der Waals surface area contributed by atoms with Gasteiger partial charge in [0.25, 0.3) is 11.6 Å². The Hall–Kier alpha value is -4.73. The standard InChI is InChI=1S/C31H33N3O7/c1-20-25(6-5-7-27(20)34(39)40)28(35)32-23-12-8-21(9-13-23)18-26(29(36)37)33-30(38)31(16-3-4-17-31)19-22-10-14-24(41-2)15-11-22/h5-15,26H,3-4,16-19H2,1-2H3,(H,32,35)(H,33,38)(H,36,37)/t26-/m0/s1. The summed E-state index contributed by atoms with van der Waals surface area (Å²) in [5.74, 6) is -1.15. The fourth-order valence-electron chi connectivity index (χ4n) is 5.41. The van der Waals surface area contributed by atoms with Crippen molar-refractivity contribution >= 4 is 29.2 Å². The number of benzene rings is 3. The lowest BCUT2D eigenvalue weighted by molar-refractivity contribution is -0.385. The topological polar surface area (TPSA) is 148 Å². The van der Waals surface area contributed by atoms with E-state index in [0.29, 0.717) is 30.5 Å². The summed E-state index contributed by atoms with van der Waals surface area (Å²) in [5.41, 5.74) is 1.75. The number of hydrogen-bond donors (Lipinski definition) is 3. The van der Waals surface area contributed by atoms with E-state index in [-0.39, 0.29) is 29.1 Å². The molecule has 2 amide bonds. The van der Waals surface area contributed by atoms with Crippen molar-refractivity contribution < 1.29 is 29.2 Å². The summed E-state index contributed by atoms with van der Waals surface area (Å²) < 4.78 is 5.22. The fraction of sp³-hybridized carbons (Fsp3) is 0.323. The van der Waals surface area contributed by atoms with Gasteiger partial charge in [-0.25, -0.2) is 4.79 Å². The Morgan fingerprint density at radius 3 is 2.22 bits per heavy atom. The summed E-state index contributed by atoms with van der Waals surface area (Å²) >= 11 is 0. The third kappa shape index (κ3) is 6.89. The van der Waals surface area contributed by atoms with E-state index in [1.54, 1.807) is 31.4 Å². The Kier molecular flexibility index (Phi) is 9.01. The Bertz CT molecular complexity index is 1430. The quantitative estimate of drug-likeness (QED) is 0.219. The summed E-state index contributed by atoms with van der Waals surface area (Å²) in [6.07, 6.45) is 3.78. The maximum absolute atomic E-state index is 13.5. The second kappa shape index (κ2) is 12.6. The number of aliphatic carboxylic acids is 1. The highest BCUT2D eigenvalue weighted by Gasteiger charge is 2.42. The number of amides is 2. The first-order valence-electron chi connectivity index (χ1n) is 13.4. The normalized spacial score (nSPS) is 14.6. The smallest absolute Gasteiger partial charge is 0.326 e. The third-order valence-corrected chi connectivity index (χ3v) is 7.75. The minimum atomic E-state index is -1.13.